The summed E-state index contributed by atoms with van der Waals surface area (Å²) in [7, 11) is 0. The van der Waals surface area contributed by atoms with Gasteiger partial charge in [-0.2, -0.15) is 5.26 Å². The fourth-order valence-corrected chi connectivity index (χ4v) is 0.681. The second-order valence-corrected chi connectivity index (χ2v) is 2.13. The van der Waals surface area contributed by atoms with E-state index in [1.54, 1.807) is 6.21 Å². The van der Waals surface area contributed by atoms with Gasteiger partial charge in [0, 0.05) is 11.9 Å². The third-order valence-corrected chi connectivity index (χ3v) is 1.24. The largest absolute Gasteiger partial charge is 0.264 e. The molecule has 1 aliphatic heterocycles. The number of aliphatic imine (C=N–C) groups is 1. The number of rotatable bonds is 0. The van der Waals surface area contributed by atoms with Crippen LogP contribution in [0.1, 0.15) is 6.92 Å². The average molecular weight is 132 g/mol. The summed E-state index contributed by atoms with van der Waals surface area (Å²) in [5.74, 6) is -0.159. The summed E-state index contributed by atoms with van der Waals surface area (Å²) in [6.45, 7) is 1.90. The number of hydrogen-bond acceptors (Lipinski definition) is 2. The zero-order valence-electron chi connectivity index (χ0n) is 5.78. The van der Waals surface area contributed by atoms with Crippen LogP contribution in [0.4, 0.5) is 0 Å². The van der Waals surface area contributed by atoms with Crippen molar-refractivity contribution >= 4 is 6.21 Å². The summed E-state index contributed by atoms with van der Waals surface area (Å²) in [6, 6.07) is 2.09. The van der Waals surface area contributed by atoms with Crippen molar-refractivity contribution in [1.29, 1.82) is 5.26 Å². The van der Waals surface area contributed by atoms with E-state index >= 15 is 0 Å². The molecule has 0 fully saturated rings. The molecule has 0 aromatic heterocycles. The highest BCUT2D eigenvalue weighted by Gasteiger charge is 1.98. The number of nitriles is 1. The van der Waals surface area contributed by atoms with E-state index in [0.717, 1.165) is 5.70 Å². The molecular weight excluding hydrogens is 124 g/mol. The van der Waals surface area contributed by atoms with E-state index in [4.69, 9.17) is 5.26 Å². The molecule has 0 N–H and O–H groups in total. The summed E-state index contributed by atoms with van der Waals surface area (Å²) in [6.07, 6.45) is 7.21. The number of hydrogen-bond donors (Lipinski definition) is 0. The Kier molecular flexibility index (Phi) is 2.01. The molecule has 0 bridgehead atoms. The van der Waals surface area contributed by atoms with Gasteiger partial charge in [0.2, 0.25) is 0 Å². The standard InChI is InChI=1S/C8H8N2/c1-7-3-2-4-8(5-9)6-10-7/h2-4,6,8H,1H3. The van der Waals surface area contributed by atoms with Gasteiger partial charge in [-0.3, -0.25) is 4.99 Å². The maximum atomic E-state index is 8.49. The maximum Gasteiger partial charge on any atom is 0.0998 e. The minimum atomic E-state index is -0.159. The van der Waals surface area contributed by atoms with E-state index in [2.05, 4.69) is 11.1 Å². The second kappa shape index (κ2) is 2.98. The Balaban J connectivity index is 2.80. The van der Waals surface area contributed by atoms with Crippen LogP contribution in [0.3, 0.4) is 0 Å². The molecule has 0 spiro atoms. The lowest BCUT2D eigenvalue weighted by atomic mass is 10.2. The average Bonchev–Trinajstić information content (AvgIpc) is 2.14. The van der Waals surface area contributed by atoms with Crippen molar-refractivity contribution in [3.8, 4) is 6.07 Å². The molecule has 2 heteroatoms. The van der Waals surface area contributed by atoms with Crippen molar-refractivity contribution in [2.45, 2.75) is 6.92 Å². The number of nitrogens with zero attached hydrogens (tertiary/aromatic N) is 2. The zero-order valence-corrected chi connectivity index (χ0v) is 5.78. The zero-order chi connectivity index (χ0) is 7.40. The van der Waals surface area contributed by atoms with Gasteiger partial charge in [-0.05, 0) is 13.0 Å². The molecule has 2 nitrogen and oxygen atoms in total. The van der Waals surface area contributed by atoms with Crippen LogP contribution >= 0.6 is 0 Å². The maximum absolute atomic E-state index is 8.49. The van der Waals surface area contributed by atoms with E-state index in [-0.39, 0.29) is 5.92 Å². The minimum Gasteiger partial charge on any atom is -0.264 e. The van der Waals surface area contributed by atoms with Crippen LogP contribution in [0.15, 0.2) is 28.9 Å². The Labute approximate surface area is 60.2 Å². The van der Waals surface area contributed by atoms with Gasteiger partial charge in [-0.15, -0.1) is 0 Å². The van der Waals surface area contributed by atoms with Crippen molar-refractivity contribution in [3.63, 3.8) is 0 Å². The quantitative estimate of drug-likeness (QED) is 0.494. The summed E-state index contributed by atoms with van der Waals surface area (Å²) in [5, 5.41) is 8.49. The fourth-order valence-electron chi connectivity index (χ4n) is 0.681. The second-order valence-electron chi connectivity index (χ2n) is 2.13. The van der Waals surface area contributed by atoms with Crippen LogP contribution in [0, 0.1) is 17.2 Å². The Morgan fingerprint density at radius 1 is 1.70 bits per heavy atom. The summed E-state index contributed by atoms with van der Waals surface area (Å²) < 4.78 is 0. The lowest BCUT2D eigenvalue weighted by Crippen LogP contribution is -1.90. The highest BCUT2D eigenvalue weighted by molar-refractivity contribution is 5.68. The molecule has 50 valence electrons. The number of allylic oxidation sites excluding steroid dienone is 4. The molecule has 1 rings (SSSR count). The first-order valence-corrected chi connectivity index (χ1v) is 3.12. The molecule has 0 amide bonds. The SMILES string of the molecule is CC1=CC=CC(C#N)C=N1. The van der Waals surface area contributed by atoms with Gasteiger partial charge < -0.3 is 0 Å². The van der Waals surface area contributed by atoms with E-state index in [1.807, 2.05) is 25.2 Å². The van der Waals surface area contributed by atoms with E-state index in [0.29, 0.717) is 0 Å². The third kappa shape index (κ3) is 1.56. The van der Waals surface area contributed by atoms with E-state index in [1.165, 1.54) is 0 Å². The van der Waals surface area contributed by atoms with E-state index < -0.39 is 0 Å². The lowest BCUT2D eigenvalue weighted by molar-refractivity contribution is 1.17. The lowest BCUT2D eigenvalue weighted by Gasteiger charge is -1.88. The van der Waals surface area contributed by atoms with Crippen molar-refractivity contribution < 1.29 is 0 Å². The van der Waals surface area contributed by atoms with Crippen LogP contribution in [0.25, 0.3) is 0 Å². The Morgan fingerprint density at radius 3 is 3.20 bits per heavy atom. The predicted molar refractivity (Wildman–Crippen MR) is 40.5 cm³/mol. The summed E-state index contributed by atoms with van der Waals surface area (Å²) in [4.78, 5) is 4.03. The van der Waals surface area contributed by atoms with Crippen LogP contribution < -0.4 is 0 Å². The Morgan fingerprint density at radius 2 is 2.50 bits per heavy atom. The predicted octanol–water partition coefficient (Wildman–Crippen LogP) is 1.67. The molecule has 10 heavy (non-hydrogen) atoms. The molecular formula is C8H8N2. The molecule has 0 aromatic carbocycles. The first-order chi connectivity index (χ1) is 4.83. The van der Waals surface area contributed by atoms with Gasteiger partial charge in [-0.25, -0.2) is 0 Å². The van der Waals surface area contributed by atoms with Crippen LogP contribution in [0.2, 0.25) is 0 Å². The minimum absolute atomic E-state index is 0.159. The van der Waals surface area contributed by atoms with E-state index in [9.17, 15) is 0 Å². The van der Waals surface area contributed by atoms with Gasteiger partial charge in [0.1, 0.15) is 0 Å². The Hall–Kier alpha value is -1.36. The first-order valence-electron chi connectivity index (χ1n) is 3.12. The molecule has 0 saturated carbocycles. The van der Waals surface area contributed by atoms with Crippen LogP contribution in [-0.4, -0.2) is 6.21 Å². The molecule has 0 aliphatic carbocycles. The molecule has 1 atom stereocenters. The topological polar surface area (TPSA) is 36.1 Å². The smallest absolute Gasteiger partial charge is 0.0998 e. The van der Waals surface area contributed by atoms with Crippen LogP contribution in [-0.2, 0) is 0 Å². The van der Waals surface area contributed by atoms with Crippen LogP contribution in [0.5, 0.6) is 0 Å². The molecule has 0 saturated heterocycles. The Bertz CT molecular complexity index is 240. The van der Waals surface area contributed by atoms with Gasteiger partial charge >= 0.3 is 0 Å². The third-order valence-electron chi connectivity index (χ3n) is 1.24. The molecule has 0 radical (unpaired) electrons. The summed E-state index contributed by atoms with van der Waals surface area (Å²) in [5.41, 5.74) is 0.939. The van der Waals surface area contributed by atoms with Crippen molar-refractivity contribution in [3.05, 3.63) is 23.9 Å². The van der Waals surface area contributed by atoms with Crippen molar-refractivity contribution in [2.75, 3.05) is 0 Å². The summed E-state index contributed by atoms with van der Waals surface area (Å²) >= 11 is 0. The van der Waals surface area contributed by atoms with Gasteiger partial charge in [0.15, 0.2) is 0 Å². The molecule has 1 heterocycles. The molecule has 0 aromatic rings. The molecule has 1 aliphatic rings. The van der Waals surface area contributed by atoms with Gasteiger partial charge in [0.05, 0.1) is 12.0 Å². The normalized spacial score (nSPS) is 23.2. The molecule has 1 unspecified atom stereocenters. The van der Waals surface area contributed by atoms with Crippen molar-refractivity contribution in [1.82, 2.24) is 0 Å². The van der Waals surface area contributed by atoms with Gasteiger partial charge in [0.25, 0.3) is 0 Å². The fraction of sp³-hybridized carbons (Fsp3) is 0.250. The highest BCUT2D eigenvalue weighted by Crippen LogP contribution is 2.03. The first kappa shape index (κ1) is 6.76. The monoisotopic (exact) mass is 132 g/mol. The van der Waals surface area contributed by atoms with Crippen molar-refractivity contribution in [2.24, 2.45) is 10.9 Å². The van der Waals surface area contributed by atoms with Gasteiger partial charge in [-0.1, -0.05) is 12.2 Å². The highest BCUT2D eigenvalue weighted by atomic mass is 14.7.